The maximum absolute atomic E-state index is 14.3. The number of amides is 2. The van der Waals surface area contributed by atoms with Gasteiger partial charge in [-0.2, -0.15) is 0 Å². The molecule has 5 rings (SSSR count). The van der Waals surface area contributed by atoms with Crippen molar-refractivity contribution in [2.45, 2.75) is 13.5 Å². The van der Waals surface area contributed by atoms with Crippen molar-refractivity contribution in [3.63, 3.8) is 0 Å². The van der Waals surface area contributed by atoms with Crippen LogP contribution in [0.15, 0.2) is 77.7 Å². The van der Waals surface area contributed by atoms with Crippen LogP contribution in [0.1, 0.15) is 16.8 Å². The third-order valence-electron chi connectivity index (χ3n) is 5.72. The Morgan fingerprint density at radius 3 is 2.42 bits per heavy atom. The first kappa shape index (κ1) is 21.5. The lowest BCUT2D eigenvalue weighted by molar-refractivity contribution is -0.113. The second-order valence-electron chi connectivity index (χ2n) is 7.69. The zero-order valence-electron chi connectivity index (χ0n) is 17.6. The third kappa shape index (κ3) is 3.86. The quantitative estimate of drug-likeness (QED) is 0.297. The van der Waals surface area contributed by atoms with Gasteiger partial charge in [0.1, 0.15) is 5.82 Å². The molecule has 1 fully saturated rings. The van der Waals surface area contributed by atoms with Crippen LogP contribution in [0.2, 0.25) is 5.02 Å². The molecule has 4 nitrogen and oxygen atoms in total. The molecule has 0 bridgehead atoms. The van der Waals surface area contributed by atoms with Gasteiger partial charge in [-0.05, 0) is 61.2 Å². The molecule has 4 aromatic rings. The number of anilines is 1. The molecule has 0 spiro atoms. The lowest BCUT2D eigenvalue weighted by Crippen LogP contribution is -2.27. The minimum atomic E-state index is -0.377. The number of aromatic nitrogens is 1. The van der Waals surface area contributed by atoms with Crippen molar-refractivity contribution < 1.29 is 14.0 Å². The number of imide groups is 1. The van der Waals surface area contributed by atoms with E-state index in [-0.39, 0.29) is 17.0 Å². The maximum atomic E-state index is 14.3. The monoisotopic (exact) mass is 476 g/mol. The number of halogens is 2. The summed E-state index contributed by atoms with van der Waals surface area (Å²) in [4.78, 5) is 27.3. The normalized spacial score (nSPS) is 15.2. The highest BCUT2D eigenvalue weighted by atomic mass is 35.5. The lowest BCUT2D eigenvalue weighted by Gasteiger charge is -2.12. The fourth-order valence-corrected chi connectivity index (χ4v) is 5.00. The molecular formula is C26H18ClFN2O2S. The summed E-state index contributed by atoms with van der Waals surface area (Å²) in [6.07, 6.45) is 1.76. The van der Waals surface area contributed by atoms with Crippen molar-refractivity contribution in [3.05, 3.63) is 105 Å². The van der Waals surface area contributed by atoms with Gasteiger partial charge < -0.3 is 4.57 Å². The molecule has 0 N–H and O–H groups in total. The van der Waals surface area contributed by atoms with Crippen LogP contribution < -0.4 is 4.90 Å². The predicted molar refractivity (Wildman–Crippen MR) is 132 cm³/mol. The first-order valence-electron chi connectivity index (χ1n) is 10.3. The van der Waals surface area contributed by atoms with E-state index in [9.17, 15) is 14.0 Å². The van der Waals surface area contributed by atoms with Crippen LogP contribution in [0.3, 0.4) is 0 Å². The smallest absolute Gasteiger partial charge is 0.298 e. The molecule has 2 amide bonds. The summed E-state index contributed by atoms with van der Waals surface area (Å²) in [5.74, 6) is -0.641. The molecule has 0 aliphatic carbocycles. The second-order valence-corrected chi connectivity index (χ2v) is 9.12. The molecule has 0 saturated carbocycles. The Hall–Kier alpha value is -3.35. The van der Waals surface area contributed by atoms with Gasteiger partial charge in [0.25, 0.3) is 11.1 Å². The van der Waals surface area contributed by atoms with Crippen LogP contribution in [0.25, 0.3) is 17.0 Å². The molecule has 1 saturated heterocycles. The van der Waals surface area contributed by atoms with Crippen LogP contribution >= 0.6 is 23.4 Å². The van der Waals surface area contributed by atoms with Gasteiger partial charge in [0.05, 0.1) is 17.1 Å². The maximum Gasteiger partial charge on any atom is 0.298 e. The van der Waals surface area contributed by atoms with Crippen molar-refractivity contribution in [3.8, 4) is 0 Å². The standard InChI is InChI=1S/C26H18ClFN2O2S/c1-16-21(14-24-25(31)30(26(32)33-24)19-12-10-18(27)11-13-19)20-7-3-5-9-23(20)29(16)15-17-6-2-4-8-22(17)28/h2-14H,15H2,1H3/b24-14+. The number of rotatable bonds is 4. The van der Waals surface area contributed by atoms with Gasteiger partial charge in [-0.1, -0.05) is 48.0 Å². The van der Waals surface area contributed by atoms with E-state index >= 15 is 0 Å². The Labute approximate surface area is 199 Å². The van der Waals surface area contributed by atoms with E-state index in [1.807, 2.05) is 41.8 Å². The number of carbonyl (C=O) groups excluding carboxylic acids is 2. The van der Waals surface area contributed by atoms with E-state index in [1.165, 1.54) is 6.07 Å². The summed E-state index contributed by atoms with van der Waals surface area (Å²) in [5, 5.41) is 1.10. The molecule has 7 heteroatoms. The van der Waals surface area contributed by atoms with Crippen LogP contribution in [-0.4, -0.2) is 15.7 Å². The van der Waals surface area contributed by atoms with Crippen LogP contribution in [0, 0.1) is 12.7 Å². The predicted octanol–water partition coefficient (Wildman–Crippen LogP) is 7.03. The van der Waals surface area contributed by atoms with Gasteiger partial charge >= 0.3 is 0 Å². The van der Waals surface area contributed by atoms with E-state index in [2.05, 4.69) is 0 Å². The summed E-state index contributed by atoms with van der Waals surface area (Å²) in [6, 6.07) is 21.1. The van der Waals surface area contributed by atoms with Crippen molar-refractivity contribution in [2.24, 2.45) is 0 Å². The highest BCUT2D eigenvalue weighted by Gasteiger charge is 2.36. The van der Waals surface area contributed by atoms with Gasteiger partial charge in [0.15, 0.2) is 0 Å². The molecule has 33 heavy (non-hydrogen) atoms. The Morgan fingerprint density at radius 1 is 0.970 bits per heavy atom. The number of nitrogens with zero attached hydrogens (tertiary/aromatic N) is 2. The molecule has 3 aromatic carbocycles. The topological polar surface area (TPSA) is 42.3 Å². The number of benzene rings is 3. The summed E-state index contributed by atoms with van der Waals surface area (Å²) >= 11 is 6.84. The van der Waals surface area contributed by atoms with Crippen molar-refractivity contribution >= 4 is 57.2 Å². The highest BCUT2D eigenvalue weighted by molar-refractivity contribution is 8.19. The summed E-state index contributed by atoms with van der Waals surface area (Å²) in [5.41, 5.74) is 3.71. The molecule has 0 unspecified atom stereocenters. The molecule has 0 atom stereocenters. The van der Waals surface area contributed by atoms with E-state index in [0.29, 0.717) is 27.7 Å². The first-order chi connectivity index (χ1) is 15.9. The minimum Gasteiger partial charge on any atom is -0.340 e. The number of fused-ring (bicyclic) bond motifs is 1. The molecule has 1 aliphatic rings. The van der Waals surface area contributed by atoms with Gasteiger partial charge in [0.2, 0.25) is 0 Å². The largest absolute Gasteiger partial charge is 0.340 e. The van der Waals surface area contributed by atoms with Crippen molar-refractivity contribution in [2.75, 3.05) is 4.90 Å². The van der Waals surface area contributed by atoms with E-state index in [4.69, 9.17) is 11.6 Å². The average Bonchev–Trinajstić information content (AvgIpc) is 3.24. The van der Waals surface area contributed by atoms with E-state index in [0.717, 1.165) is 38.8 Å². The number of thioether (sulfide) groups is 1. The third-order valence-corrected chi connectivity index (χ3v) is 6.84. The van der Waals surface area contributed by atoms with Crippen LogP contribution in [0.4, 0.5) is 14.9 Å². The summed E-state index contributed by atoms with van der Waals surface area (Å²) < 4.78 is 16.4. The van der Waals surface area contributed by atoms with E-state index < -0.39 is 0 Å². The number of hydrogen-bond donors (Lipinski definition) is 0. The fraction of sp³-hybridized carbons (Fsp3) is 0.0769. The average molecular weight is 477 g/mol. The van der Waals surface area contributed by atoms with Crippen LogP contribution in [0.5, 0.6) is 0 Å². The van der Waals surface area contributed by atoms with Crippen molar-refractivity contribution in [1.29, 1.82) is 0 Å². The number of carbonyl (C=O) groups is 2. The minimum absolute atomic E-state index is 0.264. The lowest BCUT2D eigenvalue weighted by atomic mass is 10.1. The van der Waals surface area contributed by atoms with Gasteiger partial charge in [0, 0.05) is 32.7 Å². The molecule has 1 aromatic heterocycles. The Balaban J connectivity index is 1.57. The zero-order valence-corrected chi connectivity index (χ0v) is 19.2. The zero-order chi connectivity index (χ0) is 23.1. The second kappa shape index (κ2) is 8.54. The number of hydrogen-bond acceptors (Lipinski definition) is 3. The fourth-order valence-electron chi connectivity index (χ4n) is 4.05. The Bertz CT molecular complexity index is 1440. The van der Waals surface area contributed by atoms with Gasteiger partial charge in [-0.3, -0.25) is 9.59 Å². The Morgan fingerprint density at radius 2 is 1.67 bits per heavy atom. The van der Waals surface area contributed by atoms with Crippen molar-refractivity contribution in [1.82, 2.24) is 4.57 Å². The van der Waals surface area contributed by atoms with Gasteiger partial charge in [-0.15, -0.1) is 0 Å². The number of para-hydroxylation sites is 1. The highest BCUT2D eigenvalue weighted by Crippen LogP contribution is 2.38. The summed E-state index contributed by atoms with van der Waals surface area (Å²) in [7, 11) is 0. The van der Waals surface area contributed by atoms with Gasteiger partial charge in [-0.25, -0.2) is 9.29 Å². The van der Waals surface area contributed by atoms with Crippen LogP contribution in [-0.2, 0) is 11.3 Å². The molecule has 0 radical (unpaired) electrons. The molecule has 1 aliphatic heterocycles. The first-order valence-corrected chi connectivity index (χ1v) is 11.5. The summed E-state index contributed by atoms with van der Waals surface area (Å²) in [6.45, 7) is 2.30. The Kier molecular flexibility index (Phi) is 5.56. The van der Waals surface area contributed by atoms with E-state index in [1.54, 1.807) is 42.5 Å². The SMILES string of the molecule is Cc1c(/C=C2/SC(=O)N(c3ccc(Cl)cc3)C2=O)c2ccccc2n1Cc1ccccc1F. The molecular weight excluding hydrogens is 459 g/mol. The molecule has 164 valence electrons. The molecule has 2 heterocycles.